The molecule has 51 heavy (non-hydrogen) atoms. The van der Waals surface area contributed by atoms with Gasteiger partial charge in [-0.1, -0.05) is 37.6 Å². The van der Waals surface area contributed by atoms with Crippen molar-refractivity contribution < 1.29 is 29.2 Å². The second-order valence-corrected chi connectivity index (χ2v) is 12.8. The molecule has 5 aromatic rings. The summed E-state index contributed by atoms with van der Waals surface area (Å²) in [7, 11) is 3.29. The minimum absolute atomic E-state index is 0.180. The SMILES string of the molecule is CCCCOc1nc(N(Cc2ccc(OC)cc2)Cc2ccc(OC)cc2)c2ncc(C(O)c3cc(C)c(C4CCN(C(=O)O)CC4)cn3)n2n1. The Kier molecular flexibility index (Phi) is 11.2. The Bertz CT molecular complexity index is 1870. The number of hydrogen-bond donors (Lipinski definition) is 2. The summed E-state index contributed by atoms with van der Waals surface area (Å²) in [6.07, 6.45) is 4.65. The van der Waals surface area contributed by atoms with Crippen LogP contribution in [-0.2, 0) is 13.1 Å². The van der Waals surface area contributed by atoms with Crippen molar-refractivity contribution in [2.75, 3.05) is 38.8 Å². The number of anilines is 1. The number of aliphatic hydroxyl groups is 1. The molecule has 2 N–H and O–H groups in total. The third-order valence-corrected chi connectivity index (χ3v) is 9.38. The standard InChI is InChI=1S/C38H45N7O6/c1-5-6-19-51-37-41-36(44(23-26-7-11-29(49-3)12-8-26)24-27-9-13-30(50-4)14-10-27)35-40-22-33(45(35)42-37)34(46)32-20-25(2)31(21-39-32)28-15-17-43(18-16-28)38(47)48/h7-14,20-22,28,34,46H,5-6,15-19,23-24H2,1-4H3,(H,47,48). The maximum Gasteiger partial charge on any atom is 0.407 e. The average Bonchev–Trinajstić information content (AvgIpc) is 3.58. The molecular weight excluding hydrogens is 650 g/mol. The minimum Gasteiger partial charge on any atom is -0.497 e. The number of rotatable bonds is 14. The molecule has 3 aromatic heterocycles. The number of unbranched alkanes of at least 4 members (excludes halogenated alkanes) is 1. The number of hydrogen-bond acceptors (Lipinski definition) is 10. The van der Waals surface area contributed by atoms with Crippen LogP contribution in [0.25, 0.3) is 5.65 Å². The number of pyridine rings is 1. The van der Waals surface area contributed by atoms with E-state index >= 15 is 0 Å². The van der Waals surface area contributed by atoms with E-state index in [4.69, 9.17) is 29.3 Å². The lowest BCUT2D eigenvalue weighted by Crippen LogP contribution is -2.36. The Balaban J connectivity index is 1.36. The number of nitrogens with zero attached hydrogens (tertiary/aromatic N) is 7. The summed E-state index contributed by atoms with van der Waals surface area (Å²) in [6.45, 7) is 6.51. The van der Waals surface area contributed by atoms with Crippen LogP contribution >= 0.6 is 0 Å². The molecule has 1 fully saturated rings. The number of likely N-dealkylation sites (tertiary alicyclic amines) is 1. The lowest BCUT2D eigenvalue weighted by atomic mass is 9.87. The zero-order valence-corrected chi connectivity index (χ0v) is 29.5. The van der Waals surface area contributed by atoms with Crippen molar-refractivity contribution in [1.82, 2.24) is 29.5 Å². The van der Waals surface area contributed by atoms with E-state index in [9.17, 15) is 15.0 Å². The van der Waals surface area contributed by atoms with E-state index in [2.05, 4.69) is 16.8 Å². The number of imidazole rings is 1. The first-order valence-corrected chi connectivity index (χ1v) is 17.3. The van der Waals surface area contributed by atoms with Crippen LogP contribution in [0.4, 0.5) is 10.6 Å². The molecule has 13 heteroatoms. The Morgan fingerprint density at radius 1 is 0.961 bits per heavy atom. The summed E-state index contributed by atoms with van der Waals surface area (Å²) < 4.78 is 18.5. The minimum atomic E-state index is -1.13. The molecule has 1 unspecified atom stereocenters. The molecule has 1 atom stereocenters. The van der Waals surface area contributed by atoms with Crippen LogP contribution < -0.4 is 19.1 Å². The molecule has 0 saturated carbocycles. The Hall–Kier alpha value is -5.43. The van der Waals surface area contributed by atoms with Crippen LogP contribution in [0.15, 0.2) is 67.0 Å². The molecule has 6 rings (SSSR count). The van der Waals surface area contributed by atoms with Gasteiger partial charge in [0.05, 0.1) is 38.4 Å². The highest BCUT2D eigenvalue weighted by Crippen LogP contribution is 2.33. The first kappa shape index (κ1) is 35.4. The first-order valence-electron chi connectivity index (χ1n) is 17.3. The predicted octanol–water partition coefficient (Wildman–Crippen LogP) is 6.17. The topological polar surface area (TPSA) is 148 Å². The Labute approximate surface area is 297 Å². The number of carbonyl (C=O) groups is 1. The maximum absolute atomic E-state index is 11.8. The smallest absolute Gasteiger partial charge is 0.407 e. The van der Waals surface area contributed by atoms with E-state index in [1.807, 2.05) is 67.7 Å². The van der Waals surface area contributed by atoms with Crippen LogP contribution in [0.1, 0.15) is 78.3 Å². The van der Waals surface area contributed by atoms with E-state index in [0.717, 1.165) is 59.4 Å². The van der Waals surface area contributed by atoms with Gasteiger partial charge in [0.25, 0.3) is 0 Å². The molecule has 1 aliphatic heterocycles. The number of aliphatic hydroxyl groups excluding tert-OH is 1. The van der Waals surface area contributed by atoms with Gasteiger partial charge in [-0.2, -0.15) is 4.98 Å². The second-order valence-electron chi connectivity index (χ2n) is 12.8. The van der Waals surface area contributed by atoms with Crippen molar-refractivity contribution in [3.8, 4) is 17.5 Å². The fraction of sp³-hybridized carbons (Fsp3) is 0.395. The van der Waals surface area contributed by atoms with Crippen LogP contribution in [-0.4, -0.2) is 79.7 Å². The van der Waals surface area contributed by atoms with E-state index < -0.39 is 12.2 Å². The molecule has 13 nitrogen and oxygen atoms in total. The van der Waals surface area contributed by atoms with Crippen molar-refractivity contribution in [3.63, 3.8) is 0 Å². The average molecular weight is 696 g/mol. The highest BCUT2D eigenvalue weighted by atomic mass is 16.5. The highest BCUT2D eigenvalue weighted by molar-refractivity contribution is 5.66. The van der Waals surface area contributed by atoms with E-state index in [1.54, 1.807) is 24.9 Å². The molecule has 1 aliphatic rings. The van der Waals surface area contributed by atoms with Gasteiger partial charge in [-0.15, -0.1) is 5.10 Å². The highest BCUT2D eigenvalue weighted by Gasteiger charge is 2.27. The molecule has 0 bridgehead atoms. The number of ether oxygens (including phenoxy) is 3. The number of benzene rings is 2. The number of amides is 1. The third kappa shape index (κ3) is 8.15. The van der Waals surface area contributed by atoms with Gasteiger partial charge in [-0.05, 0) is 84.7 Å². The number of fused-ring (bicyclic) bond motifs is 1. The Morgan fingerprint density at radius 3 is 2.14 bits per heavy atom. The number of carboxylic acid groups (broad SMARTS) is 1. The van der Waals surface area contributed by atoms with Crippen LogP contribution in [0.2, 0.25) is 0 Å². The molecule has 1 amide bonds. The summed E-state index contributed by atoms with van der Waals surface area (Å²) in [4.78, 5) is 29.3. The van der Waals surface area contributed by atoms with Crippen molar-refractivity contribution in [1.29, 1.82) is 0 Å². The maximum atomic E-state index is 11.8. The number of aromatic nitrogens is 5. The summed E-state index contributed by atoms with van der Waals surface area (Å²) >= 11 is 0. The van der Waals surface area contributed by atoms with Gasteiger partial charge >= 0.3 is 12.1 Å². The van der Waals surface area contributed by atoms with Gasteiger partial charge < -0.3 is 34.2 Å². The van der Waals surface area contributed by atoms with Crippen molar-refractivity contribution in [2.45, 2.75) is 64.6 Å². The van der Waals surface area contributed by atoms with Gasteiger partial charge in [0, 0.05) is 32.4 Å². The number of aryl methyl sites for hydroxylation is 1. The molecule has 2 aromatic carbocycles. The third-order valence-electron chi connectivity index (χ3n) is 9.38. The fourth-order valence-electron chi connectivity index (χ4n) is 6.44. The summed E-state index contributed by atoms with van der Waals surface area (Å²) in [5, 5.41) is 25.8. The molecule has 0 aliphatic carbocycles. The monoisotopic (exact) mass is 695 g/mol. The van der Waals surface area contributed by atoms with Crippen LogP contribution in [0, 0.1) is 6.92 Å². The second kappa shape index (κ2) is 16.1. The van der Waals surface area contributed by atoms with Gasteiger partial charge in [0.1, 0.15) is 17.6 Å². The summed E-state index contributed by atoms with van der Waals surface area (Å²) in [5.41, 5.74) is 5.49. The molecular formula is C38H45N7O6. The predicted molar refractivity (Wildman–Crippen MR) is 192 cm³/mol. The Morgan fingerprint density at radius 2 is 1.59 bits per heavy atom. The van der Waals surface area contributed by atoms with E-state index in [-0.39, 0.29) is 11.9 Å². The fourth-order valence-corrected chi connectivity index (χ4v) is 6.44. The molecule has 1 saturated heterocycles. The molecule has 4 heterocycles. The number of piperidine rings is 1. The summed E-state index contributed by atoms with van der Waals surface area (Å²) in [6, 6.07) is 17.9. The van der Waals surface area contributed by atoms with Crippen LogP contribution in [0.3, 0.4) is 0 Å². The van der Waals surface area contributed by atoms with E-state index in [0.29, 0.717) is 55.6 Å². The van der Waals surface area contributed by atoms with Crippen LogP contribution in [0.5, 0.6) is 17.5 Å². The van der Waals surface area contributed by atoms with Crippen molar-refractivity contribution in [2.24, 2.45) is 0 Å². The zero-order chi connectivity index (χ0) is 35.9. The molecule has 0 spiro atoms. The van der Waals surface area contributed by atoms with Gasteiger partial charge in [-0.3, -0.25) is 4.98 Å². The van der Waals surface area contributed by atoms with Crippen molar-refractivity contribution >= 4 is 17.6 Å². The lowest BCUT2D eigenvalue weighted by Gasteiger charge is -2.30. The van der Waals surface area contributed by atoms with Crippen molar-refractivity contribution in [3.05, 3.63) is 101 Å². The zero-order valence-electron chi connectivity index (χ0n) is 29.5. The lowest BCUT2D eigenvalue weighted by molar-refractivity contribution is 0.132. The normalized spacial score (nSPS) is 14.0. The van der Waals surface area contributed by atoms with Gasteiger partial charge in [0.2, 0.25) is 0 Å². The largest absolute Gasteiger partial charge is 0.497 e. The molecule has 0 radical (unpaired) electrons. The summed E-state index contributed by atoms with van der Waals surface area (Å²) in [5.74, 6) is 2.29. The van der Waals surface area contributed by atoms with Gasteiger partial charge in [-0.25, -0.2) is 14.3 Å². The van der Waals surface area contributed by atoms with E-state index in [1.165, 1.54) is 4.90 Å². The number of methoxy groups -OCH3 is 2. The quantitative estimate of drug-likeness (QED) is 0.129. The molecule has 268 valence electrons. The van der Waals surface area contributed by atoms with Gasteiger partial charge in [0.15, 0.2) is 11.5 Å². The first-order chi connectivity index (χ1) is 24.8.